The molecule has 0 aromatic heterocycles. The predicted octanol–water partition coefficient (Wildman–Crippen LogP) is 5.66. The molecule has 0 radical (unpaired) electrons. The summed E-state index contributed by atoms with van der Waals surface area (Å²) in [5.41, 5.74) is 2.04. The Morgan fingerprint density at radius 2 is 2.08 bits per heavy atom. The molecule has 0 fully saturated rings. The summed E-state index contributed by atoms with van der Waals surface area (Å²) in [7, 11) is 0. The predicted molar refractivity (Wildman–Crippen MR) is 105 cm³/mol. The van der Waals surface area contributed by atoms with E-state index in [9.17, 15) is 0 Å². The van der Waals surface area contributed by atoms with Crippen LogP contribution >= 0.6 is 11.6 Å². The summed E-state index contributed by atoms with van der Waals surface area (Å²) in [6.07, 6.45) is 10.8. The minimum absolute atomic E-state index is 0.582. The van der Waals surface area contributed by atoms with Crippen LogP contribution in [0.3, 0.4) is 0 Å². The summed E-state index contributed by atoms with van der Waals surface area (Å²) in [5.74, 6) is 1.49. The second-order valence-electron chi connectivity index (χ2n) is 6.00. The normalized spacial score (nSPS) is 15.4. The molecule has 1 rings (SSSR count). The van der Waals surface area contributed by atoms with Gasteiger partial charge in [0.05, 0.1) is 18.9 Å². The maximum atomic E-state index is 6.21. The highest BCUT2D eigenvalue weighted by Crippen LogP contribution is 2.23. The molecule has 1 aliphatic rings. The Labute approximate surface area is 152 Å². The van der Waals surface area contributed by atoms with Crippen molar-refractivity contribution in [2.24, 2.45) is 11.0 Å². The molecule has 0 heterocycles. The van der Waals surface area contributed by atoms with Crippen molar-refractivity contribution in [2.45, 2.75) is 47.0 Å². The first-order valence-corrected chi connectivity index (χ1v) is 9.22. The first-order chi connectivity index (χ1) is 11.5. The van der Waals surface area contributed by atoms with Gasteiger partial charge in [-0.2, -0.15) is 5.10 Å². The van der Waals surface area contributed by atoms with E-state index >= 15 is 0 Å². The molecule has 134 valence electrons. The van der Waals surface area contributed by atoms with Crippen molar-refractivity contribution in [3.8, 4) is 0 Å². The topological polar surface area (TPSA) is 24.8 Å². The summed E-state index contributed by atoms with van der Waals surface area (Å²) < 4.78 is 6.14. The number of hydrogen-bond acceptors (Lipinski definition) is 3. The fourth-order valence-electron chi connectivity index (χ4n) is 2.36. The summed E-state index contributed by atoms with van der Waals surface area (Å²) >= 11 is 6.21. The van der Waals surface area contributed by atoms with Gasteiger partial charge in [0, 0.05) is 23.6 Å². The highest BCUT2D eigenvalue weighted by Gasteiger charge is 2.14. The molecule has 0 saturated carbocycles. The third-order valence-corrected chi connectivity index (χ3v) is 4.50. The number of rotatable bonds is 10. The molecule has 0 bridgehead atoms. The SMILES string of the molecule is C=C/C(C)=N\N(CC)CC1=CCC(Cl)=CC=C1OCC(CC)CC. The quantitative estimate of drug-likeness (QED) is 0.375. The van der Waals surface area contributed by atoms with E-state index in [1.807, 2.05) is 24.1 Å². The number of hydrogen-bond donors (Lipinski definition) is 0. The van der Waals surface area contributed by atoms with Gasteiger partial charge in [0.15, 0.2) is 0 Å². The minimum atomic E-state index is 0.582. The molecular formula is C20H31ClN2O. The Morgan fingerprint density at radius 1 is 1.38 bits per heavy atom. The smallest absolute Gasteiger partial charge is 0.124 e. The van der Waals surface area contributed by atoms with Crippen LogP contribution in [0.1, 0.15) is 47.0 Å². The van der Waals surface area contributed by atoms with Gasteiger partial charge in [0.1, 0.15) is 5.76 Å². The zero-order chi connectivity index (χ0) is 17.9. The van der Waals surface area contributed by atoms with Crippen LogP contribution in [0.2, 0.25) is 0 Å². The van der Waals surface area contributed by atoms with Crippen molar-refractivity contribution in [1.82, 2.24) is 5.01 Å². The molecule has 0 spiro atoms. The van der Waals surface area contributed by atoms with Gasteiger partial charge < -0.3 is 4.74 Å². The highest BCUT2D eigenvalue weighted by molar-refractivity contribution is 6.29. The molecule has 0 atom stereocenters. The Morgan fingerprint density at radius 3 is 2.67 bits per heavy atom. The molecule has 0 saturated heterocycles. The molecule has 24 heavy (non-hydrogen) atoms. The van der Waals surface area contributed by atoms with Gasteiger partial charge >= 0.3 is 0 Å². The van der Waals surface area contributed by atoms with Crippen LogP contribution in [0.5, 0.6) is 0 Å². The molecule has 1 aliphatic carbocycles. The lowest BCUT2D eigenvalue weighted by molar-refractivity contribution is 0.162. The monoisotopic (exact) mass is 350 g/mol. The summed E-state index contributed by atoms with van der Waals surface area (Å²) in [4.78, 5) is 0. The fourth-order valence-corrected chi connectivity index (χ4v) is 2.50. The van der Waals surface area contributed by atoms with Gasteiger partial charge in [-0.1, -0.05) is 50.9 Å². The second-order valence-corrected chi connectivity index (χ2v) is 6.48. The van der Waals surface area contributed by atoms with E-state index in [0.717, 1.165) is 54.5 Å². The standard InChI is InChI=1S/C20H31ClN2O/c1-6-16(5)22-23(9-4)14-18-10-11-19(21)12-13-20(18)24-15-17(7-2)8-3/h6,10,12-13,17H,1,7-9,11,14-15H2,2-5H3/b22-16-. The Kier molecular flexibility index (Phi) is 9.55. The van der Waals surface area contributed by atoms with Crippen LogP contribution in [0.4, 0.5) is 0 Å². The van der Waals surface area contributed by atoms with Crippen molar-refractivity contribution in [3.63, 3.8) is 0 Å². The number of halogens is 1. The maximum absolute atomic E-state index is 6.21. The third kappa shape index (κ3) is 6.96. The van der Waals surface area contributed by atoms with Gasteiger partial charge in [-0.25, -0.2) is 0 Å². The highest BCUT2D eigenvalue weighted by atomic mass is 35.5. The molecular weight excluding hydrogens is 320 g/mol. The van der Waals surface area contributed by atoms with Crippen LogP contribution in [-0.4, -0.2) is 30.4 Å². The number of nitrogens with zero attached hydrogens (tertiary/aromatic N) is 2. The van der Waals surface area contributed by atoms with Crippen molar-refractivity contribution in [3.05, 3.63) is 47.2 Å². The number of hydrazone groups is 1. The lowest BCUT2D eigenvalue weighted by Gasteiger charge is -2.22. The van der Waals surface area contributed by atoms with Crippen molar-refractivity contribution in [1.29, 1.82) is 0 Å². The first kappa shape index (κ1) is 20.6. The first-order valence-electron chi connectivity index (χ1n) is 8.85. The summed E-state index contributed by atoms with van der Waals surface area (Å²) in [6, 6.07) is 0. The van der Waals surface area contributed by atoms with Crippen LogP contribution in [0.25, 0.3) is 0 Å². The lowest BCUT2D eigenvalue weighted by Crippen LogP contribution is -2.22. The van der Waals surface area contributed by atoms with E-state index in [4.69, 9.17) is 16.3 Å². The molecule has 0 amide bonds. The minimum Gasteiger partial charge on any atom is -0.493 e. The fraction of sp³-hybridized carbons (Fsp3) is 0.550. The van der Waals surface area contributed by atoms with E-state index in [1.54, 1.807) is 6.08 Å². The second kappa shape index (κ2) is 11.1. The van der Waals surface area contributed by atoms with E-state index < -0.39 is 0 Å². The lowest BCUT2D eigenvalue weighted by atomic mass is 10.1. The number of ether oxygens (including phenoxy) is 1. The maximum Gasteiger partial charge on any atom is 0.124 e. The van der Waals surface area contributed by atoms with E-state index in [0.29, 0.717) is 12.5 Å². The van der Waals surface area contributed by atoms with Crippen LogP contribution in [-0.2, 0) is 4.74 Å². The Hall–Kier alpha value is -1.48. The van der Waals surface area contributed by atoms with Crippen molar-refractivity contribution in [2.75, 3.05) is 19.7 Å². The zero-order valence-electron chi connectivity index (χ0n) is 15.5. The van der Waals surface area contributed by atoms with Gasteiger partial charge in [-0.05, 0) is 38.0 Å². The molecule has 3 nitrogen and oxygen atoms in total. The third-order valence-electron chi connectivity index (χ3n) is 4.22. The van der Waals surface area contributed by atoms with Crippen LogP contribution in [0, 0.1) is 5.92 Å². The molecule has 0 aliphatic heterocycles. The van der Waals surface area contributed by atoms with Gasteiger partial charge in [0.25, 0.3) is 0 Å². The van der Waals surface area contributed by atoms with Gasteiger partial charge in [0.2, 0.25) is 0 Å². The Bertz CT molecular complexity index is 528. The molecule has 0 unspecified atom stereocenters. The molecule has 0 N–H and O–H groups in total. The zero-order valence-corrected chi connectivity index (χ0v) is 16.3. The molecule has 0 aromatic rings. The molecule has 4 heteroatoms. The van der Waals surface area contributed by atoms with Gasteiger partial charge in [-0.15, -0.1) is 0 Å². The summed E-state index contributed by atoms with van der Waals surface area (Å²) in [5, 5.41) is 7.42. The number of allylic oxidation sites excluding steroid dienone is 5. The van der Waals surface area contributed by atoms with E-state index in [1.165, 1.54) is 0 Å². The Balaban J connectivity index is 2.89. The van der Waals surface area contributed by atoms with Crippen molar-refractivity contribution < 1.29 is 4.74 Å². The van der Waals surface area contributed by atoms with Crippen LogP contribution in [0.15, 0.2) is 52.3 Å². The van der Waals surface area contributed by atoms with Crippen molar-refractivity contribution >= 4 is 17.3 Å². The van der Waals surface area contributed by atoms with Crippen LogP contribution < -0.4 is 0 Å². The van der Waals surface area contributed by atoms with E-state index in [2.05, 4.69) is 38.5 Å². The van der Waals surface area contributed by atoms with Gasteiger partial charge in [-0.3, -0.25) is 5.01 Å². The average Bonchev–Trinajstić information content (AvgIpc) is 2.77. The molecule has 0 aromatic carbocycles. The summed E-state index contributed by atoms with van der Waals surface area (Å²) in [6.45, 7) is 14.5. The largest absolute Gasteiger partial charge is 0.493 e. The van der Waals surface area contributed by atoms with E-state index in [-0.39, 0.29) is 0 Å². The average molecular weight is 351 g/mol. The number of likely N-dealkylation sites (N-methyl/N-ethyl adjacent to an activating group) is 1.